The van der Waals surface area contributed by atoms with Crippen molar-refractivity contribution in [1.82, 2.24) is 39.7 Å². The zero-order valence-corrected chi connectivity index (χ0v) is 23.0. The predicted octanol–water partition coefficient (Wildman–Crippen LogP) is 2.33. The third-order valence-electron chi connectivity index (χ3n) is 3.52. The summed E-state index contributed by atoms with van der Waals surface area (Å²) in [5.41, 5.74) is 1.53. The second kappa shape index (κ2) is 14.3. The third kappa shape index (κ3) is 8.90. The van der Waals surface area contributed by atoms with E-state index in [1.165, 1.54) is 9.35 Å². The molecule has 10 nitrogen and oxygen atoms in total. The molecule has 0 saturated carbocycles. The molecule has 4 aromatic rings. The molecule has 168 valence electrons. The summed E-state index contributed by atoms with van der Waals surface area (Å²) in [6.07, 6.45) is 6.64. The summed E-state index contributed by atoms with van der Waals surface area (Å²) in [5, 5.41) is 24.0. The molecule has 4 heterocycles. The quantitative estimate of drug-likeness (QED) is 0.204. The van der Waals surface area contributed by atoms with Crippen LogP contribution < -0.4 is 0 Å². The number of hydrogen-bond donors (Lipinski definition) is 0. The number of aromatic nitrogens is 8. The Kier molecular flexibility index (Phi) is 11.5. The van der Waals surface area contributed by atoms with E-state index in [4.69, 9.17) is 25.3 Å². The monoisotopic (exact) mass is 586 g/mol. The van der Waals surface area contributed by atoms with E-state index in [0.29, 0.717) is 22.0 Å². The zero-order valence-electron chi connectivity index (χ0n) is 18.6. The topological polar surface area (TPSA) is 112 Å². The Labute approximate surface area is 213 Å². The van der Waals surface area contributed by atoms with Crippen LogP contribution in [0.3, 0.4) is 0 Å². The summed E-state index contributed by atoms with van der Waals surface area (Å²) in [6.45, 7) is 3.58. The normalized spacial score (nSPS) is 10.3. The van der Waals surface area contributed by atoms with Gasteiger partial charge in [-0.2, -0.15) is 20.4 Å². The molecule has 33 heavy (non-hydrogen) atoms. The van der Waals surface area contributed by atoms with Crippen LogP contribution in [0.5, 0.6) is 0 Å². The first-order valence-electron chi connectivity index (χ1n) is 9.63. The van der Waals surface area contributed by atoms with E-state index in [1.807, 2.05) is 36.4 Å². The van der Waals surface area contributed by atoms with E-state index in [-0.39, 0.29) is 21.1 Å². The van der Waals surface area contributed by atoms with E-state index in [0.717, 1.165) is 11.4 Å². The number of hydrogen-bond acceptors (Lipinski definition) is 10. The molecular weight excluding hydrogens is 563 g/mol. The molecule has 0 N–H and O–H groups in total. The summed E-state index contributed by atoms with van der Waals surface area (Å²) in [6, 6.07) is 11.2. The van der Waals surface area contributed by atoms with Gasteiger partial charge in [0.05, 0.1) is 23.8 Å². The predicted molar refractivity (Wildman–Crippen MR) is 133 cm³/mol. The van der Waals surface area contributed by atoms with Gasteiger partial charge in [0.25, 0.3) is 0 Å². The van der Waals surface area contributed by atoms with E-state index >= 15 is 0 Å². The van der Waals surface area contributed by atoms with Crippen molar-refractivity contribution in [1.29, 1.82) is 0 Å². The Bertz CT molecular complexity index is 1030. The van der Waals surface area contributed by atoms with Gasteiger partial charge in [-0.15, -0.1) is 10.2 Å². The van der Waals surface area contributed by atoms with Crippen LogP contribution in [-0.4, -0.2) is 73.3 Å². The average Bonchev–Trinajstić information content (AvgIpc) is 3.33. The van der Waals surface area contributed by atoms with Crippen LogP contribution >= 0.6 is 0 Å². The maximum atomic E-state index is 4.94. The summed E-state index contributed by atoms with van der Waals surface area (Å²) in [4.78, 5) is 12.8. The first kappa shape index (κ1) is 26.4. The molecule has 0 bridgehead atoms. The van der Waals surface area contributed by atoms with Gasteiger partial charge in [0.1, 0.15) is 11.6 Å². The minimum absolute atomic E-state index is 0.230. The van der Waals surface area contributed by atoms with Crippen LogP contribution in [0.2, 0.25) is 9.88 Å². The van der Waals surface area contributed by atoms with Crippen molar-refractivity contribution >= 4 is 58.8 Å². The van der Waals surface area contributed by atoms with Gasteiger partial charge in [0.15, 0.2) is 0 Å². The summed E-state index contributed by atoms with van der Waals surface area (Å²) in [7, 11) is 0. The molecule has 4 rings (SSSR count). The maximum absolute atomic E-state index is 4.94. The molecule has 0 fully saturated rings. The van der Waals surface area contributed by atoms with Crippen molar-refractivity contribution in [3.63, 3.8) is 0 Å². The molecule has 0 unspecified atom stereocenters. The second-order valence-corrected chi connectivity index (χ2v) is 9.77. The minimum atomic E-state index is 0.230. The van der Waals surface area contributed by atoms with Gasteiger partial charge >= 0.3 is 31.0 Å². The first-order valence-corrected chi connectivity index (χ1v) is 16.2. The van der Waals surface area contributed by atoms with Crippen LogP contribution in [0.15, 0.2) is 69.3 Å². The fraction of sp³-hybridized carbons (Fsp3) is 0.200. The van der Waals surface area contributed by atoms with Gasteiger partial charge in [0.2, 0.25) is 0 Å². The molecular formula is C20H22N10S2Sn. The second-order valence-electron chi connectivity index (χ2n) is 6.18. The average molecular weight is 585 g/mol. The molecule has 0 aliphatic heterocycles. The Morgan fingerprint density at radius 2 is 1.12 bits per heavy atom. The van der Waals surface area contributed by atoms with Gasteiger partial charge < -0.3 is 25.3 Å². The number of pyridine rings is 2. The van der Waals surface area contributed by atoms with Crippen LogP contribution in [0.25, 0.3) is 0 Å². The van der Waals surface area contributed by atoms with Gasteiger partial charge in [-0.25, -0.2) is 9.35 Å². The van der Waals surface area contributed by atoms with E-state index in [1.54, 1.807) is 38.7 Å². The number of aryl methyl sites for hydroxylation is 2. The van der Waals surface area contributed by atoms with Crippen LogP contribution in [0.1, 0.15) is 23.0 Å². The molecule has 4 aromatic heterocycles. The van der Waals surface area contributed by atoms with Crippen molar-refractivity contribution in [3.8, 4) is 0 Å². The molecule has 0 aliphatic rings. The van der Waals surface area contributed by atoms with E-state index in [9.17, 15) is 0 Å². The van der Waals surface area contributed by atoms with Gasteiger partial charge in [-0.05, 0) is 38.1 Å². The molecule has 0 saturated heterocycles. The SMILES string of the molecule is Cc1nnc([S-])n1/N=C/c1ccccn1.Cc1nnc([S-])n1/N=C/c1ccccn1.[CH3][Sn+2][CH3]. The summed E-state index contributed by atoms with van der Waals surface area (Å²) >= 11 is 10.1. The van der Waals surface area contributed by atoms with Crippen LogP contribution in [-0.2, 0) is 25.3 Å². The Morgan fingerprint density at radius 3 is 1.39 bits per heavy atom. The molecule has 0 aliphatic carbocycles. The third-order valence-corrected chi connectivity index (χ3v) is 4.03. The van der Waals surface area contributed by atoms with Crippen molar-refractivity contribution in [3.05, 3.63) is 71.8 Å². The fourth-order valence-electron chi connectivity index (χ4n) is 2.08. The van der Waals surface area contributed by atoms with Gasteiger partial charge in [0, 0.05) is 22.7 Å². The summed E-state index contributed by atoms with van der Waals surface area (Å²) in [5.74, 6) is 1.32. The Hall–Kier alpha value is -2.84. The Balaban J connectivity index is 0.000000209. The standard InChI is InChI=1S/2C9H9N5S.2CH3.Sn/c2*1-7-12-13-9(15)14(7)11-6-8-4-2-3-5-10-8;;;/h2*2-6H,1H3,(H,13,15);2*1H3;/q;;;;+2/p-2/b2*11-6+;;;. The number of rotatable bonds is 4. The number of nitrogens with zero attached hydrogens (tertiary/aromatic N) is 10. The molecule has 0 aromatic carbocycles. The van der Waals surface area contributed by atoms with Crippen molar-refractivity contribution in [2.24, 2.45) is 10.2 Å². The first-order chi connectivity index (χ1) is 16.0. The fourth-order valence-corrected chi connectivity index (χ4v) is 2.52. The zero-order chi connectivity index (χ0) is 24.1. The molecule has 13 heteroatoms. The van der Waals surface area contributed by atoms with Crippen molar-refractivity contribution in [2.75, 3.05) is 0 Å². The Morgan fingerprint density at radius 1 is 0.727 bits per heavy atom. The van der Waals surface area contributed by atoms with Crippen LogP contribution in [0.4, 0.5) is 0 Å². The van der Waals surface area contributed by atoms with Crippen LogP contribution in [0, 0.1) is 13.8 Å². The molecule has 0 atom stereocenters. The van der Waals surface area contributed by atoms with Crippen molar-refractivity contribution in [2.45, 2.75) is 34.0 Å². The van der Waals surface area contributed by atoms with E-state index < -0.39 is 0 Å². The van der Waals surface area contributed by atoms with E-state index in [2.05, 4.69) is 50.4 Å². The van der Waals surface area contributed by atoms with Gasteiger partial charge in [-0.1, -0.05) is 12.1 Å². The van der Waals surface area contributed by atoms with Gasteiger partial charge in [-0.3, -0.25) is 9.97 Å². The molecule has 0 radical (unpaired) electrons. The molecule has 0 amide bonds. The van der Waals surface area contributed by atoms with Crippen molar-refractivity contribution < 1.29 is 0 Å². The summed E-state index contributed by atoms with van der Waals surface area (Å²) < 4.78 is 2.98. The molecule has 0 spiro atoms.